The van der Waals surface area contributed by atoms with Gasteiger partial charge in [-0.25, -0.2) is 4.79 Å². The molecule has 38 heavy (non-hydrogen) atoms. The highest BCUT2D eigenvalue weighted by Crippen LogP contribution is 2.38. The molecular formula is C30H34N2O5Si. The summed E-state index contributed by atoms with van der Waals surface area (Å²) in [5.74, 6) is 0.117. The van der Waals surface area contributed by atoms with E-state index in [1.807, 2.05) is 42.5 Å². The zero-order valence-electron chi connectivity index (χ0n) is 22.7. The predicted molar refractivity (Wildman–Crippen MR) is 152 cm³/mol. The van der Waals surface area contributed by atoms with Crippen molar-refractivity contribution in [2.24, 2.45) is 0 Å². The number of benzene rings is 3. The first-order chi connectivity index (χ1) is 17.8. The Kier molecular flexibility index (Phi) is 7.32. The Hall–Kier alpha value is -3.75. The first-order valence-electron chi connectivity index (χ1n) is 12.6. The number of fused-ring (bicyclic) bond motifs is 1. The molecule has 8 heteroatoms. The summed E-state index contributed by atoms with van der Waals surface area (Å²) in [6.45, 7) is 12.6. The van der Waals surface area contributed by atoms with Crippen LogP contribution in [0.25, 0.3) is 10.8 Å². The molecule has 0 fully saturated rings. The Bertz CT molecular complexity index is 1510. The Morgan fingerprint density at radius 1 is 1.00 bits per heavy atom. The van der Waals surface area contributed by atoms with Gasteiger partial charge < -0.3 is 19.4 Å². The van der Waals surface area contributed by atoms with Crippen molar-refractivity contribution in [1.82, 2.24) is 5.16 Å². The number of aryl methyl sites for hydroxylation is 1. The molecule has 0 aliphatic heterocycles. The van der Waals surface area contributed by atoms with Crippen LogP contribution in [0, 0.1) is 6.92 Å². The fourth-order valence-corrected chi connectivity index (χ4v) is 5.02. The molecule has 1 heterocycles. The third-order valence-electron chi connectivity index (χ3n) is 7.34. The third-order valence-corrected chi connectivity index (χ3v) is 11.7. The van der Waals surface area contributed by atoms with Gasteiger partial charge >= 0.3 is 5.63 Å². The van der Waals surface area contributed by atoms with Gasteiger partial charge in [-0.2, -0.15) is 0 Å². The number of carbonyl (C=O) groups excluding carboxylic acids is 1. The molecule has 1 atom stereocenters. The third kappa shape index (κ3) is 5.56. The van der Waals surface area contributed by atoms with Crippen LogP contribution < -0.4 is 15.4 Å². The SMILES string of the molecule is Cc1noc(=O)c2ccc(NC(=O)C(O)(Cc3ccccc3)c3ccc(O[Si](C)(C)C(C)(C)C)cc3)cc12. The standard InChI is InChI=1S/C30H34N2O5Si/c1-20-26-18-23(14-17-25(26)27(33)36-32-20)31-28(34)30(35,19-21-10-8-7-9-11-21)22-12-15-24(16-13-22)37-38(5,6)29(2,3)4/h7-18,35H,19H2,1-6H3,(H,31,34). The zero-order chi connectivity index (χ0) is 27.7. The van der Waals surface area contributed by atoms with Gasteiger partial charge in [0.25, 0.3) is 5.91 Å². The second-order valence-electron chi connectivity index (χ2n) is 11.2. The maximum absolute atomic E-state index is 13.7. The fourth-order valence-electron chi connectivity index (χ4n) is 3.99. The van der Waals surface area contributed by atoms with Crippen LogP contribution in [0.1, 0.15) is 37.6 Å². The maximum atomic E-state index is 13.7. The molecule has 1 amide bonds. The second-order valence-corrected chi connectivity index (χ2v) is 15.9. The summed E-state index contributed by atoms with van der Waals surface area (Å²) in [5.41, 5.74) is -0.211. The molecule has 3 aromatic carbocycles. The number of amides is 1. The molecule has 4 aromatic rings. The number of carbonyl (C=O) groups is 1. The molecule has 1 aromatic heterocycles. The Morgan fingerprint density at radius 3 is 2.29 bits per heavy atom. The molecule has 7 nitrogen and oxygen atoms in total. The molecule has 0 saturated carbocycles. The molecule has 0 bridgehead atoms. The number of anilines is 1. The first kappa shape index (κ1) is 27.3. The summed E-state index contributed by atoms with van der Waals surface area (Å²) in [4.78, 5) is 25.7. The molecule has 2 N–H and O–H groups in total. The normalized spacial score (nSPS) is 13.7. The molecule has 0 saturated heterocycles. The van der Waals surface area contributed by atoms with E-state index in [0.717, 1.165) is 5.56 Å². The molecule has 0 aliphatic carbocycles. The van der Waals surface area contributed by atoms with E-state index in [4.69, 9.17) is 8.95 Å². The number of hydrogen-bond acceptors (Lipinski definition) is 6. The molecule has 198 valence electrons. The zero-order valence-corrected chi connectivity index (χ0v) is 23.7. The molecular weight excluding hydrogens is 496 g/mol. The molecule has 4 rings (SSSR count). The Balaban J connectivity index is 1.68. The van der Waals surface area contributed by atoms with Crippen molar-refractivity contribution >= 4 is 30.7 Å². The van der Waals surface area contributed by atoms with Crippen molar-refractivity contribution in [3.05, 3.63) is 100 Å². The summed E-state index contributed by atoms with van der Waals surface area (Å²) in [6, 6.07) is 21.3. The van der Waals surface area contributed by atoms with E-state index in [1.165, 1.54) is 0 Å². The van der Waals surface area contributed by atoms with Gasteiger partial charge in [0.2, 0.25) is 8.32 Å². The Morgan fingerprint density at radius 2 is 1.66 bits per heavy atom. The van der Waals surface area contributed by atoms with Gasteiger partial charge in [0.1, 0.15) is 5.75 Å². The van der Waals surface area contributed by atoms with Gasteiger partial charge in [-0.15, -0.1) is 0 Å². The van der Waals surface area contributed by atoms with Gasteiger partial charge in [-0.05, 0) is 66.5 Å². The van der Waals surface area contributed by atoms with Crippen LogP contribution >= 0.6 is 0 Å². The van der Waals surface area contributed by atoms with Crippen molar-refractivity contribution in [3.8, 4) is 5.75 Å². The lowest BCUT2D eigenvalue weighted by Crippen LogP contribution is -2.44. The highest BCUT2D eigenvalue weighted by molar-refractivity contribution is 6.74. The van der Waals surface area contributed by atoms with Crippen molar-refractivity contribution < 1.29 is 18.9 Å². The van der Waals surface area contributed by atoms with E-state index >= 15 is 0 Å². The number of nitrogens with zero attached hydrogens (tertiary/aromatic N) is 1. The summed E-state index contributed by atoms with van der Waals surface area (Å²) >= 11 is 0. The van der Waals surface area contributed by atoms with E-state index in [1.54, 1.807) is 37.3 Å². The molecule has 0 radical (unpaired) electrons. The van der Waals surface area contributed by atoms with Crippen LogP contribution in [-0.2, 0) is 16.8 Å². The quantitative estimate of drug-likeness (QED) is 0.286. The molecule has 0 aliphatic rings. The van der Waals surface area contributed by atoms with Gasteiger partial charge in [-0.3, -0.25) is 4.79 Å². The van der Waals surface area contributed by atoms with Crippen molar-refractivity contribution in [2.45, 2.75) is 57.8 Å². The van der Waals surface area contributed by atoms with Crippen molar-refractivity contribution in [2.75, 3.05) is 5.32 Å². The molecule has 0 spiro atoms. The number of aliphatic hydroxyl groups is 1. The van der Waals surface area contributed by atoms with Gasteiger partial charge in [0.05, 0.1) is 11.1 Å². The van der Waals surface area contributed by atoms with E-state index in [-0.39, 0.29) is 11.5 Å². The Labute approximate surface area is 223 Å². The predicted octanol–water partition coefficient (Wildman–Crippen LogP) is 5.95. The van der Waals surface area contributed by atoms with Crippen molar-refractivity contribution in [1.29, 1.82) is 0 Å². The second kappa shape index (κ2) is 10.2. The minimum absolute atomic E-state index is 0.0360. The lowest BCUT2D eigenvalue weighted by Gasteiger charge is -2.36. The number of rotatable bonds is 7. The highest BCUT2D eigenvalue weighted by Gasteiger charge is 2.40. The average molecular weight is 531 g/mol. The topological polar surface area (TPSA) is 102 Å². The van der Waals surface area contributed by atoms with E-state index in [2.05, 4.69) is 44.3 Å². The van der Waals surface area contributed by atoms with Crippen LogP contribution in [0.5, 0.6) is 5.75 Å². The average Bonchev–Trinajstić information content (AvgIpc) is 2.86. The van der Waals surface area contributed by atoms with E-state index < -0.39 is 25.5 Å². The van der Waals surface area contributed by atoms with Gasteiger partial charge in [-0.1, -0.05) is 68.4 Å². The first-order valence-corrected chi connectivity index (χ1v) is 15.5. The summed E-state index contributed by atoms with van der Waals surface area (Å²) in [7, 11) is -2.05. The van der Waals surface area contributed by atoms with Gasteiger partial charge in [0.15, 0.2) is 5.60 Å². The lowest BCUT2D eigenvalue weighted by molar-refractivity contribution is -0.135. The smallest absolute Gasteiger partial charge is 0.366 e. The van der Waals surface area contributed by atoms with E-state index in [9.17, 15) is 14.7 Å². The van der Waals surface area contributed by atoms with Gasteiger partial charge in [0, 0.05) is 17.5 Å². The summed E-state index contributed by atoms with van der Waals surface area (Å²) in [5, 5.41) is 19.5. The number of aromatic nitrogens is 1. The van der Waals surface area contributed by atoms with Crippen LogP contribution in [-0.4, -0.2) is 24.5 Å². The largest absolute Gasteiger partial charge is 0.544 e. The fraction of sp³-hybridized carbons (Fsp3) is 0.300. The van der Waals surface area contributed by atoms with Crippen LogP contribution in [0.15, 0.2) is 82.1 Å². The lowest BCUT2D eigenvalue weighted by atomic mass is 9.86. The summed E-state index contributed by atoms with van der Waals surface area (Å²) < 4.78 is 11.2. The van der Waals surface area contributed by atoms with Crippen LogP contribution in [0.2, 0.25) is 18.1 Å². The van der Waals surface area contributed by atoms with Crippen LogP contribution in [0.4, 0.5) is 5.69 Å². The number of nitrogens with one attached hydrogen (secondary N) is 1. The monoisotopic (exact) mass is 530 g/mol. The highest BCUT2D eigenvalue weighted by atomic mass is 28.4. The minimum atomic E-state index is -2.05. The minimum Gasteiger partial charge on any atom is -0.544 e. The van der Waals surface area contributed by atoms with Crippen LogP contribution in [0.3, 0.4) is 0 Å². The maximum Gasteiger partial charge on any atom is 0.366 e. The van der Waals surface area contributed by atoms with Crippen molar-refractivity contribution in [3.63, 3.8) is 0 Å². The summed E-state index contributed by atoms with van der Waals surface area (Å²) in [6.07, 6.45) is 0.0693. The van der Waals surface area contributed by atoms with E-state index in [0.29, 0.717) is 33.5 Å². The number of hydrogen-bond donors (Lipinski definition) is 2. The molecule has 1 unspecified atom stereocenters.